The molecule has 0 radical (unpaired) electrons. The first-order valence-electron chi connectivity index (χ1n) is 8.60. The molecule has 0 fully saturated rings. The van der Waals surface area contributed by atoms with Crippen molar-refractivity contribution in [2.45, 2.75) is 19.9 Å². The lowest BCUT2D eigenvalue weighted by Crippen LogP contribution is -2.24. The van der Waals surface area contributed by atoms with E-state index < -0.39 is 0 Å². The normalized spacial score (nSPS) is 10.5. The minimum absolute atomic E-state index is 0.0334. The number of aromatic nitrogens is 1. The lowest BCUT2D eigenvalue weighted by atomic mass is 10.2. The van der Waals surface area contributed by atoms with Gasteiger partial charge in [-0.1, -0.05) is 18.2 Å². The summed E-state index contributed by atoms with van der Waals surface area (Å²) in [5.41, 5.74) is 2.86. The topological polar surface area (TPSA) is 60.5 Å². The number of carbonyl (C=O) groups excluding carboxylic acids is 1. The fourth-order valence-electron chi connectivity index (χ4n) is 2.70. The molecule has 140 valence electrons. The SMILES string of the molecule is COc1ccc(-c2nc(C)c(CC(=O)NCc3ccccc3OC)s2)cc1. The number of para-hydroxylation sites is 1. The number of ether oxygens (including phenoxy) is 2. The molecule has 0 saturated carbocycles. The third-order valence-corrected chi connectivity index (χ3v) is 5.43. The molecule has 27 heavy (non-hydrogen) atoms. The van der Waals surface area contributed by atoms with Gasteiger partial charge < -0.3 is 14.8 Å². The van der Waals surface area contributed by atoms with Crippen LogP contribution >= 0.6 is 11.3 Å². The number of benzene rings is 2. The quantitative estimate of drug-likeness (QED) is 0.671. The van der Waals surface area contributed by atoms with Crippen LogP contribution in [-0.2, 0) is 17.8 Å². The predicted molar refractivity (Wildman–Crippen MR) is 107 cm³/mol. The van der Waals surface area contributed by atoms with E-state index in [1.807, 2.05) is 55.5 Å². The van der Waals surface area contributed by atoms with Gasteiger partial charge in [0.25, 0.3) is 0 Å². The second kappa shape index (κ2) is 8.68. The van der Waals surface area contributed by atoms with E-state index in [0.717, 1.165) is 38.2 Å². The summed E-state index contributed by atoms with van der Waals surface area (Å²) in [7, 11) is 3.27. The van der Waals surface area contributed by atoms with E-state index in [1.54, 1.807) is 25.6 Å². The van der Waals surface area contributed by atoms with Gasteiger partial charge >= 0.3 is 0 Å². The van der Waals surface area contributed by atoms with E-state index in [1.165, 1.54) is 0 Å². The number of thiazole rings is 1. The Balaban J connectivity index is 1.65. The van der Waals surface area contributed by atoms with Crippen LogP contribution in [0.3, 0.4) is 0 Å². The maximum Gasteiger partial charge on any atom is 0.225 e. The van der Waals surface area contributed by atoms with Crippen molar-refractivity contribution in [2.24, 2.45) is 0 Å². The van der Waals surface area contributed by atoms with Crippen LogP contribution < -0.4 is 14.8 Å². The summed E-state index contributed by atoms with van der Waals surface area (Å²) in [4.78, 5) is 18.0. The largest absolute Gasteiger partial charge is 0.497 e. The van der Waals surface area contributed by atoms with Crippen LogP contribution in [-0.4, -0.2) is 25.1 Å². The summed E-state index contributed by atoms with van der Waals surface area (Å²) in [5, 5.41) is 3.86. The molecule has 1 N–H and O–H groups in total. The van der Waals surface area contributed by atoms with Crippen molar-refractivity contribution in [3.63, 3.8) is 0 Å². The van der Waals surface area contributed by atoms with Gasteiger partial charge in [-0.3, -0.25) is 4.79 Å². The molecule has 0 saturated heterocycles. The van der Waals surface area contributed by atoms with Crippen LogP contribution in [0, 0.1) is 6.92 Å². The second-order valence-electron chi connectivity index (χ2n) is 6.02. The van der Waals surface area contributed by atoms with Crippen LogP contribution in [0.2, 0.25) is 0 Å². The highest BCUT2D eigenvalue weighted by atomic mass is 32.1. The number of carbonyl (C=O) groups is 1. The summed E-state index contributed by atoms with van der Waals surface area (Å²) in [6, 6.07) is 15.4. The molecule has 0 aliphatic heterocycles. The molecule has 0 bridgehead atoms. The third kappa shape index (κ3) is 4.65. The first kappa shape index (κ1) is 18.9. The van der Waals surface area contributed by atoms with Gasteiger partial charge in [-0.15, -0.1) is 11.3 Å². The Morgan fingerprint density at radius 2 is 1.81 bits per heavy atom. The standard InChI is InChI=1S/C21H22N2O3S/c1-14-19(27-21(23-14)15-8-10-17(25-2)11-9-15)12-20(24)22-13-16-6-4-5-7-18(16)26-3/h4-11H,12-13H2,1-3H3,(H,22,24). The molecule has 1 amide bonds. The van der Waals surface area contributed by atoms with Gasteiger partial charge in [0, 0.05) is 22.5 Å². The fourth-order valence-corrected chi connectivity index (χ4v) is 3.77. The lowest BCUT2D eigenvalue weighted by Gasteiger charge is -2.09. The van der Waals surface area contributed by atoms with Crippen molar-refractivity contribution in [3.8, 4) is 22.1 Å². The summed E-state index contributed by atoms with van der Waals surface area (Å²) >= 11 is 1.55. The molecule has 2 aromatic carbocycles. The van der Waals surface area contributed by atoms with Crippen molar-refractivity contribution < 1.29 is 14.3 Å². The van der Waals surface area contributed by atoms with E-state index >= 15 is 0 Å². The number of nitrogens with zero attached hydrogens (tertiary/aromatic N) is 1. The van der Waals surface area contributed by atoms with Gasteiger partial charge in [-0.2, -0.15) is 0 Å². The number of aryl methyl sites for hydroxylation is 1. The minimum atomic E-state index is -0.0334. The molecule has 1 heterocycles. The van der Waals surface area contributed by atoms with Gasteiger partial charge in [0.15, 0.2) is 0 Å². The zero-order chi connectivity index (χ0) is 19.2. The summed E-state index contributed by atoms with van der Waals surface area (Å²) < 4.78 is 10.5. The molecule has 0 atom stereocenters. The molecular formula is C21H22N2O3S. The van der Waals surface area contributed by atoms with Crippen LogP contribution in [0.15, 0.2) is 48.5 Å². The van der Waals surface area contributed by atoms with Gasteiger partial charge in [0.2, 0.25) is 5.91 Å². The molecular weight excluding hydrogens is 360 g/mol. The smallest absolute Gasteiger partial charge is 0.225 e. The van der Waals surface area contributed by atoms with E-state index in [4.69, 9.17) is 9.47 Å². The zero-order valence-corrected chi connectivity index (χ0v) is 16.4. The van der Waals surface area contributed by atoms with Gasteiger partial charge in [0.1, 0.15) is 16.5 Å². The second-order valence-corrected chi connectivity index (χ2v) is 7.11. The molecule has 3 aromatic rings. The number of hydrogen-bond donors (Lipinski definition) is 1. The number of methoxy groups -OCH3 is 2. The van der Waals surface area contributed by atoms with E-state index in [9.17, 15) is 4.79 Å². The summed E-state index contributed by atoms with van der Waals surface area (Å²) in [6.45, 7) is 2.37. The number of hydrogen-bond acceptors (Lipinski definition) is 5. The van der Waals surface area contributed by atoms with Crippen molar-refractivity contribution in [3.05, 3.63) is 64.7 Å². The molecule has 3 rings (SSSR count). The van der Waals surface area contributed by atoms with E-state index in [0.29, 0.717) is 13.0 Å². The Bertz CT molecular complexity index is 919. The van der Waals surface area contributed by atoms with Crippen molar-refractivity contribution in [2.75, 3.05) is 14.2 Å². The van der Waals surface area contributed by atoms with E-state index in [-0.39, 0.29) is 5.91 Å². The van der Waals surface area contributed by atoms with Gasteiger partial charge in [-0.05, 0) is 37.3 Å². The van der Waals surface area contributed by atoms with Crippen molar-refractivity contribution in [1.29, 1.82) is 0 Å². The molecule has 1 aromatic heterocycles. The lowest BCUT2D eigenvalue weighted by molar-refractivity contribution is -0.120. The Hall–Kier alpha value is -2.86. The highest BCUT2D eigenvalue weighted by Crippen LogP contribution is 2.29. The molecule has 6 heteroatoms. The highest BCUT2D eigenvalue weighted by Gasteiger charge is 2.13. The number of amides is 1. The fraction of sp³-hybridized carbons (Fsp3) is 0.238. The molecule has 0 spiro atoms. The van der Waals surface area contributed by atoms with Crippen LogP contribution in [0.5, 0.6) is 11.5 Å². The molecule has 5 nitrogen and oxygen atoms in total. The first-order valence-corrected chi connectivity index (χ1v) is 9.41. The Morgan fingerprint density at radius 1 is 1.07 bits per heavy atom. The highest BCUT2D eigenvalue weighted by molar-refractivity contribution is 7.15. The molecule has 0 aliphatic carbocycles. The van der Waals surface area contributed by atoms with Crippen molar-refractivity contribution >= 4 is 17.2 Å². The maximum atomic E-state index is 12.4. The van der Waals surface area contributed by atoms with Crippen LogP contribution in [0.4, 0.5) is 0 Å². The Kier molecular flexibility index (Phi) is 6.08. The maximum absolute atomic E-state index is 12.4. The Morgan fingerprint density at radius 3 is 2.52 bits per heavy atom. The predicted octanol–water partition coefficient (Wildman–Crippen LogP) is 3.99. The summed E-state index contributed by atoms with van der Waals surface area (Å²) in [5.74, 6) is 1.55. The van der Waals surface area contributed by atoms with E-state index in [2.05, 4.69) is 10.3 Å². The zero-order valence-electron chi connectivity index (χ0n) is 15.6. The van der Waals surface area contributed by atoms with Gasteiger partial charge in [-0.25, -0.2) is 4.98 Å². The summed E-state index contributed by atoms with van der Waals surface area (Å²) in [6.07, 6.45) is 0.314. The van der Waals surface area contributed by atoms with Crippen LogP contribution in [0.25, 0.3) is 10.6 Å². The monoisotopic (exact) mass is 382 g/mol. The van der Waals surface area contributed by atoms with Crippen LogP contribution in [0.1, 0.15) is 16.1 Å². The number of rotatable bonds is 7. The average Bonchev–Trinajstić information content (AvgIpc) is 3.07. The molecule has 0 unspecified atom stereocenters. The third-order valence-electron chi connectivity index (χ3n) is 4.22. The first-order chi connectivity index (χ1) is 13.1. The van der Waals surface area contributed by atoms with Gasteiger partial charge in [0.05, 0.1) is 26.3 Å². The molecule has 0 aliphatic rings. The van der Waals surface area contributed by atoms with Crippen molar-refractivity contribution in [1.82, 2.24) is 10.3 Å². The number of nitrogens with one attached hydrogen (secondary N) is 1. The Labute approximate surface area is 163 Å². The minimum Gasteiger partial charge on any atom is -0.497 e. The average molecular weight is 382 g/mol.